The third-order valence-corrected chi connectivity index (χ3v) is 4.08. The Balaban J connectivity index is 2.41. The van der Waals surface area contributed by atoms with Crippen LogP contribution in [0.4, 0.5) is 4.39 Å². The lowest BCUT2D eigenvalue weighted by Gasteiger charge is -2.07. The van der Waals surface area contributed by atoms with Crippen LogP contribution in [0, 0.1) is 11.7 Å². The van der Waals surface area contributed by atoms with Crippen LogP contribution in [-0.2, 0) is 5.75 Å². The third kappa shape index (κ3) is 4.62. The van der Waals surface area contributed by atoms with Crippen molar-refractivity contribution in [2.45, 2.75) is 12.7 Å². The van der Waals surface area contributed by atoms with E-state index >= 15 is 0 Å². The van der Waals surface area contributed by atoms with Crippen molar-refractivity contribution in [3.05, 3.63) is 34.6 Å². The van der Waals surface area contributed by atoms with Crippen molar-refractivity contribution in [3.8, 4) is 0 Å². The van der Waals surface area contributed by atoms with Crippen LogP contribution in [0.2, 0.25) is 5.02 Å². The van der Waals surface area contributed by atoms with E-state index < -0.39 is 0 Å². The van der Waals surface area contributed by atoms with Gasteiger partial charge in [-0.2, -0.15) is 11.8 Å². The second kappa shape index (κ2) is 6.62. The number of benzene rings is 1. The minimum atomic E-state index is -0.362. The molecule has 0 N–H and O–H groups in total. The van der Waals surface area contributed by atoms with Gasteiger partial charge in [0.1, 0.15) is 5.82 Å². The molecule has 1 rings (SSSR count). The van der Waals surface area contributed by atoms with Crippen LogP contribution in [0.25, 0.3) is 0 Å². The zero-order valence-corrected chi connectivity index (χ0v) is 10.8. The van der Waals surface area contributed by atoms with E-state index in [9.17, 15) is 4.39 Å². The topological polar surface area (TPSA) is 0 Å². The molecule has 0 bridgehead atoms. The summed E-state index contributed by atoms with van der Waals surface area (Å²) in [5, 5.41) is 0.193. The van der Waals surface area contributed by atoms with Gasteiger partial charge in [0.05, 0.1) is 5.02 Å². The highest BCUT2D eigenvalue weighted by Crippen LogP contribution is 2.21. The van der Waals surface area contributed by atoms with E-state index in [1.807, 2.05) is 0 Å². The van der Waals surface area contributed by atoms with Crippen LogP contribution in [0.1, 0.15) is 12.5 Å². The summed E-state index contributed by atoms with van der Waals surface area (Å²) in [6, 6.07) is 4.85. The molecule has 1 atom stereocenters. The van der Waals surface area contributed by atoms with Gasteiger partial charge in [0, 0.05) is 11.6 Å². The first-order valence-corrected chi connectivity index (χ1v) is 6.78. The number of alkyl halides is 1. The molecule has 0 aliphatic carbocycles. The average Bonchev–Trinajstić information content (AvgIpc) is 2.23. The molecule has 4 heteroatoms. The van der Waals surface area contributed by atoms with Crippen molar-refractivity contribution in [1.29, 1.82) is 0 Å². The zero-order valence-electron chi connectivity index (χ0n) is 8.47. The molecule has 1 aromatic rings. The van der Waals surface area contributed by atoms with Crippen LogP contribution >= 0.6 is 35.0 Å². The highest BCUT2D eigenvalue weighted by atomic mass is 35.5. The van der Waals surface area contributed by atoms with Crippen LogP contribution in [-0.4, -0.2) is 11.6 Å². The Morgan fingerprint density at radius 1 is 1.47 bits per heavy atom. The monoisotopic (exact) mass is 266 g/mol. The number of hydrogen-bond donors (Lipinski definition) is 0. The van der Waals surface area contributed by atoms with Crippen LogP contribution in [0.5, 0.6) is 0 Å². The summed E-state index contributed by atoms with van der Waals surface area (Å²) in [5.41, 5.74) is 1.05. The fourth-order valence-corrected chi connectivity index (χ4v) is 2.55. The first-order valence-electron chi connectivity index (χ1n) is 4.71. The molecule has 0 spiro atoms. The smallest absolute Gasteiger partial charge is 0.141 e. The Bertz CT molecular complexity index is 317. The van der Waals surface area contributed by atoms with E-state index in [4.69, 9.17) is 23.2 Å². The van der Waals surface area contributed by atoms with Gasteiger partial charge in [-0.05, 0) is 29.4 Å². The van der Waals surface area contributed by atoms with E-state index in [0.29, 0.717) is 11.8 Å². The lowest BCUT2D eigenvalue weighted by Crippen LogP contribution is -1.99. The molecule has 1 unspecified atom stereocenters. The number of halogens is 3. The van der Waals surface area contributed by atoms with Gasteiger partial charge in [0.2, 0.25) is 0 Å². The largest absolute Gasteiger partial charge is 0.205 e. The Hall–Kier alpha value is 0.0800. The third-order valence-electron chi connectivity index (χ3n) is 1.92. The first-order chi connectivity index (χ1) is 7.13. The van der Waals surface area contributed by atoms with Crippen LogP contribution < -0.4 is 0 Å². The molecule has 0 aliphatic rings. The number of thioether (sulfide) groups is 1. The molecule has 0 fully saturated rings. The fraction of sp³-hybridized carbons (Fsp3) is 0.455. The lowest BCUT2D eigenvalue weighted by molar-refractivity contribution is 0.628. The van der Waals surface area contributed by atoms with E-state index in [2.05, 4.69) is 6.92 Å². The second-order valence-electron chi connectivity index (χ2n) is 3.52. The van der Waals surface area contributed by atoms with Crippen molar-refractivity contribution in [1.82, 2.24) is 0 Å². The van der Waals surface area contributed by atoms with Crippen molar-refractivity contribution >= 4 is 35.0 Å². The molecule has 0 saturated carbocycles. The summed E-state index contributed by atoms with van der Waals surface area (Å²) in [6.07, 6.45) is 0. The van der Waals surface area contributed by atoms with Gasteiger partial charge in [-0.25, -0.2) is 4.39 Å². The highest BCUT2D eigenvalue weighted by Gasteiger charge is 2.03. The summed E-state index contributed by atoms with van der Waals surface area (Å²) in [4.78, 5) is 0. The van der Waals surface area contributed by atoms with Crippen molar-refractivity contribution in [2.24, 2.45) is 5.92 Å². The molecule has 0 aliphatic heterocycles. The minimum Gasteiger partial charge on any atom is -0.205 e. The van der Waals surface area contributed by atoms with Crippen molar-refractivity contribution < 1.29 is 4.39 Å². The van der Waals surface area contributed by atoms with E-state index in [0.717, 1.165) is 17.1 Å². The van der Waals surface area contributed by atoms with Crippen LogP contribution in [0.3, 0.4) is 0 Å². The predicted octanol–water partition coefficient (Wildman–Crippen LogP) is 4.59. The first kappa shape index (κ1) is 13.1. The summed E-state index contributed by atoms with van der Waals surface area (Å²) >= 11 is 13.2. The molecule has 0 amide bonds. The molecular formula is C11H13Cl2FS. The Morgan fingerprint density at radius 2 is 2.20 bits per heavy atom. The molecule has 0 nitrogen and oxygen atoms in total. The zero-order chi connectivity index (χ0) is 11.3. The predicted molar refractivity (Wildman–Crippen MR) is 67.5 cm³/mol. The van der Waals surface area contributed by atoms with Gasteiger partial charge in [-0.1, -0.05) is 24.6 Å². The molecular weight excluding hydrogens is 254 g/mol. The standard InChI is InChI=1S/C11H13Cl2FS/c1-8(5-12)6-15-7-9-2-3-11(14)10(13)4-9/h2-4,8H,5-7H2,1H3. The van der Waals surface area contributed by atoms with Gasteiger partial charge < -0.3 is 0 Å². The molecule has 15 heavy (non-hydrogen) atoms. The van der Waals surface area contributed by atoms with E-state index in [-0.39, 0.29) is 10.8 Å². The summed E-state index contributed by atoms with van der Waals surface area (Å²) < 4.78 is 12.8. The molecule has 0 saturated heterocycles. The molecule has 0 aromatic heterocycles. The van der Waals surface area contributed by atoms with Gasteiger partial charge >= 0.3 is 0 Å². The fourth-order valence-electron chi connectivity index (χ4n) is 1.05. The quantitative estimate of drug-likeness (QED) is 0.703. The highest BCUT2D eigenvalue weighted by molar-refractivity contribution is 7.98. The van der Waals surface area contributed by atoms with Gasteiger partial charge in [0.15, 0.2) is 0 Å². The second-order valence-corrected chi connectivity index (χ2v) is 5.27. The molecule has 1 aromatic carbocycles. The van der Waals surface area contributed by atoms with Crippen molar-refractivity contribution in [3.63, 3.8) is 0 Å². The molecule has 0 heterocycles. The summed E-state index contributed by atoms with van der Waals surface area (Å²) in [6.45, 7) is 2.11. The lowest BCUT2D eigenvalue weighted by atomic mass is 10.2. The maximum atomic E-state index is 12.8. The maximum absolute atomic E-state index is 12.8. The minimum absolute atomic E-state index is 0.193. The van der Waals surface area contributed by atoms with E-state index in [1.54, 1.807) is 23.9 Å². The maximum Gasteiger partial charge on any atom is 0.141 e. The van der Waals surface area contributed by atoms with Gasteiger partial charge in [-0.15, -0.1) is 11.6 Å². The van der Waals surface area contributed by atoms with E-state index in [1.165, 1.54) is 6.07 Å². The Labute approximate surface area is 104 Å². The van der Waals surface area contributed by atoms with Gasteiger partial charge in [0.25, 0.3) is 0 Å². The summed E-state index contributed by atoms with van der Waals surface area (Å²) in [5.74, 6) is 2.68. The number of rotatable bonds is 5. The van der Waals surface area contributed by atoms with Crippen LogP contribution in [0.15, 0.2) is 18.2 Å². The number of hydrogen-bond acceptors (Lipinski definition) is 1. The SMILES string of the molecule is CC(CCl)CSCc1ccc(F)c(Cl)c1. The normalized spacial score (nSPS) is 12.8. The van der Waals surface area contributed by atoms with Crippen molar-refractivity contribution in [2.75, 3.05) is 11.6 Å². The Kier molecular flexibility index (Phi) is 5.80. The molecule has 0 radical (unpaired) electrons. The summed E-state index contributed by atoms with van der Waals surface area (Å²) in [7, 11) is 0. The molecule has 84 valence electrons. The Morgan fingerprint density at radius 3 is 2.80 bits per heavy atom. The average molecular weight is 267 g/mol. The van der Waals surface area contributed by atoms with Gasteiger partial charge in [-0.3, -0.25) is 0 Å².